The van der Waals surface area contributed by atoms with Crippen molar-refractivity contribution in [2.45, 2.75) is 32.4 Å². The van der Waals surface area contributed by atoms with Crippen LogP contribution in [-0.4, -0.2) is 39.4 Å². The molecule has 0 amide bonds. The third kappa shape index (κ3) is 5.06. The van der Waals surface area contributed by atoms with E-state index in [1.54, 1.807) is 30.7 Å². The Labute approximate surface area is 192 Å². The van der Waals surface area contributed by atoms with Crippen LogP contribution in [0.15, 0.2) is 53.3 Å². The van der Waals surface area contributed by atoms with E-state index < -0.39 is 8.07 Å². The first-order valence-corrected chi connectivity index (χ1v) is 14.3. The van der Waals surface area contributed by atoms with Gasteiger partial charge in [0.05, 0.1) is 5.02 Å². The maximum absolute atomic E-state index is 6.48. The number of ether oxygens (including phenoxy) is 1. The molecule has 10 heteroatoms. The number of oxazole rings is 1. The third-order valence-electron chi connectivity index (χ3n) is 4.83. The highest BCUT2D eigenvalue weighted by Gasteiger charge is 2.24. The summed E-state index contributed by atoms with van der Waals surface area (Å²) in [4.78, 5) is 8.77. The van der Waals surface area contributed by atoms with Crippen molar-refractivity contribution in [2.24, 2.45) is 0 Å². The number of pyridine rings is 1. The van der Waals surface area contributed by atoms with Crippen LogP contribution < -0.4 is 5.73 Å². The number of nitrogens with two attached hydrogens (primary N) is 1. The van der Waals surface area contributed by atoms with Crippen molar-refractivity contribution >= 4 is 25.5 Å². The molecule has 1 aromatic carbocycles. The number of aromatic nitrogens is 5. The zero-order valence-corrected chi connectivity index (χ0v) is 20.0. The van der Waals surface area contributed by atoms with Crippen LogP contribution >= 0.6 is 11.6 Å². The fraction of sp³-hybridized carbons (Fsp3) is 0.273. The summed E-state index contributed by atoms with van der Waals surface area (Å²) in [6, 6.07) is 12.0. The van der Waals surface area contributed by atoms with E-state index in [0.29, 0.717) is 58.5 Å². The fourth-order valence-corrected chi connectivity index (χ4v) is 4.06. The molecule has 3 heterocycles. The van der Waals surface area contributed by atoms with Gasteiger partial charge in [0.2, 0.25) is 5.89 Å². The summed E-state index contributed by atoms with van der Waals surface area (Å²) < 4.78 is 13.9. The average Bonchev–Trinajstić information content (AvgIpc) is 3.38. The molecule has 0 radical (unpaired) electrons. The van der Waals surface area contributed by atoms with Crippen LogP contribution in [0.5, 0.6) is 0 Å². The van der Waals surface area contributed by atoms with E-state index in [1.165, 1.54) is 0 Å². The fourth-order valence-electron chi connectivity index (χ4n) is 3.08. The molecule has 4 rings (SSSR count). The van der Waals surface area contributed by atoms with Crippen molar-refractivity contribution < 1.29 is 9.15 Å². The minimum absolute atomic E-state index is 0.319. The molecule has 0 unspecified atom stereocenters. The van der Waals surface area contributed by atoms with Crippen LogP contribution in [0, 0.1) is 0 Å². The number of nitrogens with zero attached hydrogens (tertiary/aromatic N) is 5. The van der Waals surface area contributed by atoms with Crippen molar-refractivity contribution in [1.29, 1.82) is 0 Å². The molecule has 0 aliphatic heterocycles. The summed E-state index contributed by atoms with van der Waals surface area (Å²) in [5.41, 5.74) is 7.79. The predicted octanol–water partition coefficient (Wildman–Crippen LogP) is 5.21. The second kappa shape index (κ2) is 9.23. The second-order valence-corrected chi connectivity index (χ2v) is 14.6. The molecule has 0 saturated carbocycles. The van der Waals surface area contributed by atoms with Gasteiger partial charge in [0, 0.05) is 32.0 Å². The zero-order chi connectivity index (χ0) is 22.7. The van der Waals surface area contributed by atoms with Crippen LogP contribution in [0.25, 0.3) is 34.3 Å². The van der Waals surface area contributed by atoms with Crippen molar-refractivity contribution in [3.05, 3.63) is 53.9 Å². The first-order chi connectivity index (χ1) is 15.3. The molecule has 0 aliphatic carbocycles. The molecule has 8 nitrogen and oxygen atoms in total. The lowest BCUT2D eigenvalue weighted by molar-refractivity contribution is 0.0880. The number of rotatable bonds is 8. The van der Waals surface area contributed by atoms with E-state index in [4.69, 9.17) is 31.5 Å². The highest BCUT2D eigenvalue weighted by atomic mass is 35.5. The average molecular weight is 469 g/mol. The minimum Gasteiger partial charge on any atom is -0.435 e. The van der Waals surface area contributed by atoms with Crippen molar-refractivity contribution in [3.63, 3.8) is 0 Å². The lowest BCUT2D eigenvalue weighted by Crippen LogP contribution is -2.22. The highest BCUT2D eigenvalue weighted by Crippen LogP contribution is 2.38. The number of halogens is 1. The van der Waals surface area contributed by atoms with E-state index in [1.807, 2.05) is 22.8 Å². The Balaban J connectivity index is 1.72. The number of benzene rings is 1. The molecule has 4 aromatic rings. The van der Waals surface area contributed by atoms with Crippen molar-refractivity contribution in [2.75, 3.05) is 12.3 Å². The Hall–Kier alpha value is -3.01. The van der Waals surface area contributed by atoms with Crippen LogP contribution in [0.1, 0.15) is 0 Å². The smallest absolute Gasteiger partial charge is 0.227 e. The van der Waals surface area contributed by atoms with E-state index in [0.717, 1.165) is 6.04 Å². The monoisotopic (exact) mass is 468 g/mol. The molecular formula is C22H25ClN6O2Si. The van der Waals surface area contributed by atoms with Gasteiger partial charge in [0.25, 0.3) is 0 Å². The van der Waals surface area contributed by atoms with Crippen molar-refractivity contribution in [3.8, 4) is 34.3 Å². The van der Waals surface area contributed by atoms with Gasteiger partial charge in [-0.15, -0.1) is 10.2 Å². The Morgan fingerprint density at radius 3 is 2.75 bits per heavy atom. The third-order valence-corrected chi connectivity index (χ3v) is 6.86. The summed E-state index contributed by atoms with van der Waals surface area (Å²) in [6.07, 6.45) is 3.23. The van der Waals surface area contributed by atoms with Crippen LogP contribution in [-0.2, 0) is 11.5 Å². The summed E-state index contributed by atoms with van der Waals surface area (Å²) in [5, 5.41) is 8.91. The highest BCUT2D eigenvalue weighted by molar-refractivity contribution is 6.76. The van der Waals surface area contributed by atoms with Crippen LogP contribution in [0.2, 0.25) is 30.7 Å². The van der Waals surface area contributed by atoms with Gasteiger partial charge in [-0.05, 0) is 30.3 Å². The molecule has 2 N–H and O–H groups in total. The molecule has 3 aromatic heterocycles. The molecule has 0 saturated heterocycles. The number of hydrogen-bond acceptors (Lipinski definition) is 7. The van der Waals surface area contributed by atoms with Gasteiger partial charge in [0.1, 0.15) is 18.9 Å². The molecule has 32 heavy (non-hydrogen) atoms. The number of nitrogen functional groups attached to an aromatic ring is 1. The Morgan fingerprint density at radius 1 is 1.19 bits per heavy atom. The Kier molecular flexibility index (Phi) is 6.40. The normalized spacial score (nSPS) is 11.8. The molecule has 0 aliphatic rings. The van der Waals surface area contributed by atoms with Gasteiger partial charge in [-0.1, -0.05) is 43.4 Å². The van der Waals surface area contributed by atoms with Gasteiger partial charge in [-0.25, -0.2) is 9.97 Å². The molecule has 0 bridgehead atoms. The maximum Gasteiger partial charge on any atom is 0.227 e. The van der Waals surface area contributed by atoms with Gasteiger partial charge in [-0.2, -0.15) is 0 Å². The van der Waals surface area contributed by atoms with E-state index >= 15 is 0 Å². The lowest BCUT2D eigenvalue weighted by atomic mass is 10.1. The minimum atomic E-state index is -1.18. The summed E-state index contributed by atoms with van der Waals surface area (Å²) in [7, 11) is -1.18. The topological polar surface area (TPSA) is 105 Å². The van der Waals surface area contributed by atoms with Crippen LogP contribution in [0.3, 0.4) is 0 Å². The first-order valence-electron chi connectivity index (χ1n) is 10.3. The van der Waals surface area contributed by atoms with Gasteiger partial charge < -0.3 is 14.9 Å². The summed E-state index contributed by atoms with van der Waals surface area (Å²) in [6.45, 7) is 7.96. The molecule has 166 valence electrons. The van der Waals surface area contributed by atoms with Gasteiger partial charge in [0.15, 0.2) is 17.3 Å². The molecule has 0 fully saturated rings. The van der Waals surface area contributed by atoms with E-state index in [2.05, 4.69) is 34.8 Å². The van der Waals surface area contributed by atoms with Gasteiger partial charge in [-0.3, -0.25) is 4.57 Å². The Bertz CT molecular complexity index is 1220. The van der Waals surface area contributed by atoms with Gasteiger partial charge >= 0.3 is 0 Å². The van der Waals surface area contributed by atoms with Crippen LogP contribution in [0.4, 0.5) is 5.82 Å². The second-order valence-electron chi connectivity index (χ2n) is 8.62. The largest absolute Gasteiger partial charge is 0.435 e. The summed E-state index contributed by atoms with van der Waals surface area (Å²) in [5.74, 6) is 1.79. The van der Waals surface area contributed by atoms with E-state index in [-0.39, 0.29) is 0 Å². The summed E-state index contributed by atoms with van der Waals surface area (Å²) >= 11 is 6.48. The molecular weight excluding hydrogens is 444 g/mol. The van der Waals surface area contributed by atoms with E-state index in [9.17, 15) is 0 Å². The predicted molar refractivity (Wildman–Crippen MR) is 128 cm³/mol. The number of hydrogen-bond donors (Lipinski definition) is 1. The SMILES string of the molecule is C[Si](C)(C)CCOCn1cnnc1-c1nc(-c2ccnc(N)c2)oc1-c1ccccc1Cl. The zero-order valence-electron chi connectivity index (χ0n) is 18.2. The molecule has 0 spiro atoms. The first kappa shape index (κ1) is 22.2. The standard InChI is InChI=1S/C22H25ClN6O2Si/c1-32(2,3)11-10-30-14-29-13-26-28-21(29)19-20(16-6-4-5-7-17(16)23)31-22(27-19)15-8-9-25-18(24)12-15/h4-9,12-13H,10-11,14H2,1-3H3,(H2,24,25). The van der Waals surface area contributed by atoms with Crippen molar-refractivity contribution in [1.82, 2.24) is 24.7 Å². The molecule has 0 atom stereocenters. The maximum atomic E-state index is 6.48. The Morgan fingerprint density at radius 2 is 2.00 bits per heavy atom. The number of anilines is 1. The lowest BCUT2D eigenvalue weighted by Gasteiger charge is -2.15. The quantitative estimate of drug-likeness (QED) is 0.279.